The second-order valence-electron chi connectivity index (χ2n) is 3.88. The molecule has 2 rings (SSSR count). The monoisotopic (exact) mass is 321 g/mol. The van der Waals surface area contributed by atoms with Crippen LogP contribution in [0.25, 0.3) is 0 Å². The Morgan fingerprint density at radius 2 is 2.10 bits per heavy atom. The molecule has 1 aromatic carbocycles. The van der Waals surface area contributed by atoms with Gasteiger partial charge in [0.25, 0.3) is 0 Å². The molecule has 2 aromatic rings. The van der Waals surface area contributed by atoms with Gasteiger partial charge in [-0.2, -0.15) is 0 Å². The summed E-state index contributed by atoms with van der Waals surface area (Å²) in [5.41, 5.74) is 0. The summed E-state index contributed by atoms with van der Waals surface area (Å²) in [6, 6.07) is 4.12. The number of benzene rings is 1. The van der Waals surface area contributed by atoms with Crippen LogP contribution in [0, 0.1) is 0 Å². The van der Waals surface area contributed by atoms with E-state index in [0.717, 1.165) is 24.3 Å². The molecule has 0 amide bonds. The molecule has 2 N–H and O–H groups in total. The van der Waals surface area contributed by atoms with Crippen LogP contribution < -0.4 is 9.46 Å². The normalized spacial score (nSPS) is 12.3. The van der Waals surface area contributed by atoms with Gasteiger partial charge in [-0.3, -0.25) is 0 Å². The number of alkyl halides is 3. The van der Waals surface area contributed by atoms with Crippen molar-refractivity contribution in [2.75, 3.05) is 0 Å². The molecule has 0 spiro atoms. The van der Waals surface area contributed by atoms with E-state index in [0.29, 0.717) is 5.82 Å². The van der Waals surface area contributed by atoms with Crippen LogP contribution in [0.1, 0.15) is 5.82 Å². The second-order valence-corrected chi connectivity index (χ2v) is 5.65. The Hall–Kier alpha value is -2.07. The number of rotatable bonds is 5. The molecule has 1 aromatic heterocycles. The van der Waals surface area contributed by atoms with Crippen LogP contribution in [0.2, 0.25) is 0 Å². The topological polar surface area (TPSA) is 84.1 Å². The van der Waals surface area contributed by atoms with Gasteiger partial charge in [-0.15, -0.1) is 13.2 Å². The zero-order chi connectivity index (χ0) is 15.5. The number of hydrogen-bond acceptors (Lipinski definition) is 4. The quantitative estimate of drug-likeness (QED) is 0.879. The Kier molecular flexibility index (Phi) is 4.19. The summed E-state index contributed by atoms with van der Waals surface area (Å²) in [4.78, 5) is 6.18. The Morgan fingerprint density at radius 1 is 1.33 bits per heavy atom. The highest BCUT2D eigenvalue weighted by Crippen LogP contribution is 2.24. The number of imidazole rings is 1. The summed E-state index contributed by atoms with van der Waals surface area (Å²) >= 11 is 0. The zero-order valence-electron chi connectivity index (χ0n) is 10.4. The van der Waals surface area contributed by atoms with Crippen molar-refractivity contribution in [1.29, 1.82) is 0 Å². The van der Waals surface area contributed by atoms with Crippen molar-refractivity contribution in [3.63, 3.8) is 0 Å². The van der Waals surface area contributed by atoms with Crippen molar-refractivity contribution < 1.29 is 26.3 Å². The fraction of sp³-hybridized carbons (Fsp3) is 0.182. The highest BCUT2D eigenvalue weighted by atomic mass is 32.2. The number of nitrogens with zero attached hydrogens (tertiary/aromatic N) is 1. The Balaban J connectivity index is 2.14. The third-order valence-electron chi connectivity index (χ3n) is 2.33. The van der Waals surface area contributed by atoms with Gasteiger partial charge in [-0.1, -0.05) is 6.07 Å². The predicted octanol–water partition coefficient (Wildman–Crippen LogP) is 1.79. The van der Waals surface area contributed by atoms with Crippen LogP contribution in [0.5, 0.6) is 5.75 Å². The van der Waals surface area contributed by atoms with E-state index in [4.69, 9.17) is 0 Å². The summed E-state index contributed by atoms with van der Waals surface area (Å²) in [5, 5.41) is 0. The van der Waals surface area contributed by atoms with Crippen LogP contribution in [0.3, 0.4) is 0 Å². The Morgan fingerprint density at radius 3 is 2.71 bits per heavy atom. The fourth-order valence-electron chi connectivity index (χ4n) is 1.48. The molecule has 1 heterocycles. The van der Waals surface area contributed by atoms with E-state index < -0.39 is 22.1 Å². The summed E-state index contributed by atoms with van der Waals surface area (Å²) in [6.45, 7) is -0.111. The fourth-order valence-corrected chi connectivity index (χ4v) is 2.50. The van der Waals surface area contributed by atoms with Crippen molar-refractivity contribution in [2.24, 2.45) is 0 Å². The van der Waals surface area contributed by atoms with Crippen LogP contribution in [-0.4, -0.2) is 24.7 Å². The molecule has 0 saturated carbocycles. The van der Waals surface area contributed by atoms with E-state index in [1.165, 1.54) is 12.4 Å². The Bertz CT molecular complexity index is 699. The van der Waals surface area contributed by atoms with E-state index in [9.17, 15) is 21.6 Å². The van der Waals surface area contributed by atoms with Crippen molar-refractivity contribution in [3.05, 3.63) is 42.5 Å². The number of nitrogens with one attached hydrogen (secondary N) is 2. The molecular weight excluding hydrogens is 311 g/mol. The number of halogens is 3. The van der Waals surface area contributed by atoms with E-state index in [1.807, 2.05) is 0 Å². The van der Waals surface area contributed by atoms with Crippen molar-refractivity contribution in [1.82, 2.24) is 14.7 Å². The lowest BCUT2D eigenvalue weighted by Gasteiger charge is -2.10. The van der Waals surface area contributed by atoms with Crippen molar-refractivity contribution in [3.8, 4) is 5.75 Å². The van der Waals surface area contributed by atoms with Crippen LogP contribution in [0.15, 0.2) is 41.6 Å². The molecular formula is C11H10F3N3O3S. The first-order chi connectivity index (χ1) is 9.76. The lowest BCUT2D eigenvalue weighted by atomic mass is 10.3. The molecule has 0 atom stereocenters. The van der Waals surface area contributed by atoms with E-state index in [-0.39, 0.29) is 11.4 Å². The van der Waals surface area contributed by atoms with Gasteiger partial charge in [0.2, 0.25) is 10.0 Å². The van der Waals surface area contributed by atoms with Gasteiger partial charge in [0.15, 0.2) is 0 Å². The molecule has 6 nitrogen and oxygen atoms in total. The van der Waals surface area contributed by atoms with Gasteiger partial charge in [-0.25, -0.2) is 18.1 Å². The number of aromatic nitrogens is 2. The zero-order valence-corrected chi connectivity index (χ0v) is 11.2. The maximum Gasteiger partial charge on any atom is 0.573 e. The van der Waals surface area contributed by atoms with Crippen molar-refractivity contribution in [2.45, 2.75) is 17.8 Å². The van der Waals surface area contributed by atoms with Crippen molar-refractivity contribution >= 4 is 10.0 Å². The average Bonchev–Trinajstić information content (AvgIpc) is 2.88. The van der Waals surface area contributed by atoms with E-state index >= 15 is 0 Å². The maximum atomic E-state index is 12.1. The predicted molar refractivity (Wildman–Crippen MR) is 65.7 cm³/mol. The SMILES string of the molecule is O=S(=O)(NCc1ncc[nH]1)c1cccc(OC(F)(F)F)c1. The molecule has 0 aliphatic heterocycles. The molecule has 21 heavy (non-hydrogen) atoms. The Labute approximate surface area is 118 Å². The summed E-state index contributed by atoms with van der Waals surface area (Å²) < 4.78 is 66.1. The first kappa shape index (κ1) is 15.3. The maximum absolute atomic E-state index is 12.1. The average molecular weight is 321 g/mol. The van der Waals surface area contributed by atoms with Gasteiger partial charge >= 0.3 is 6.36 Å². The summed E-state index contributed by atoms with van der Waals surface area (Å²) in [7, 11) is -3.97. The van der Waals surface area contributed by atoms with E-state index in [1.54, 1.807) is 0 Å². The lowest BCUT2D eigenvalue weighted by molar-refractivity contribution is -0.274. The summed E-state index contributed by atoms with van der Waals surface area (Å²) in [5.74, 6) is -0.232. The standard InChI is InChI=1S/C11H10F3N3O3S/c12-11(13,14)20-8-2-1-3-9(6-8)21(18,19)17-7-10-15-4-5-16-10/h1-6,17H,7H2,(H,15,16). The third-order valence-corrected chi connectivity index (χ3v) is 3.73. The smallest absolute Gasteiger partial charge is 0.406 e. The summed E-state index contributed by atoms with van der Waals surface area (Å²) in [6.07, 6.45) is -1.92. The number of hydrogen-bond donors (Lipinski definition) is 2. The molecule has 0 radical (unpaired) electrons. The van der Waals surface area contributed by atoms with Crippen LogP contribution in [0.4, 0.5) is 13.2 Å². The van der Waals surface area contributed by atoms with Gasteiger partial charge < -0.3 is 9.72 Å². The van der Waals surface area contributed by atoms with Crippen LogP contribution in [-0.2, 0) is 16.6 Å². The molecule has 0 aliphatic carbocycles. The minimum absolute atomic E-state index is 0.111. The number of sulfonamides is 1. The molecule has 114 valence electrons. The third kappa shape index (κ3) is 4.46. The van der Waals surface area contributed by atoms with Gasteiger partial charge in [-0.05, 0) is 12.1 Å². The minimum atomic E-state index is -4.88. The molecule has 0 unspecified atom stereocenters. The van der Waals surface area contributed by atoms with Gasteiger partial charge in [0.05, 0.1) is 11.4 Å². The van der Waals surface area contributed by atoms with Gasteiger partial charge in [0.1, 0.15) is 11.6 Å². The van der Waals surface area contributed by atoms with Crippen LogP contribution >= 0.6 is 0 Å². The molecule has 0 fully saturated rings. The molecule has 0 saturated heterocycles. The molecule has 0 bridgehead atoms. The molecule has 0 aliphatic rings. The highest BCUT2D eigenvalue weighted by molar-refractivity contribution is 7.89. The van der Waals surface area contributed by atoms with Gasteiger partial charge in [0, 0.05) is 18.5 Å². The second kappa shape index (κ2) is 5.74. The lowest BCUT2D eigenvalue weighted by Crippen LogP contribution is -2.24. The number of H-pyrrole nitrogens is 1. The first-order valence-electron chi connectivity index (χ1n) is 5.60. The minimum Gasteiger partial charge on any atom is -0.406 e. The molecule has 10 heteroatoms. The number of ether oxygens (including phenoxy) is 1. The van der Waals surface area contributed by atoms with E-state index in [2.05, 4.69) is 19.4 Å². The largest absolute Gasteiger partial charge is 0.573 e. The number of aromatic amines is 1. The first-order valence-corrected chi connectivity index (χ1v) is 7.08. The highest BCUT2D eigenvalue weighted by Gasteiger charge is 2.31.